The van der Waals surface area contributed by atoms with Crippen LogP contribution in [0.25, 0.3) is 10.9 Å². The third-order valence-electron chi connectivity index (χ3n) is 3.92. The highest BCUT2D eigenvalue weighted by Gasteiger charge is 2.25. The van der Waals surface area contributed by atoms with Crippen LogP contribution in [0.1, 0.15) is 5.56 Å². The van der Waals surface area contributed by atoms with Crippen molar-refractivity contribution in [2.24, 2.45) is 4.99 Å². The first-order valence-corrected chi connectivity index (χ1v) is 8.28. The number of benzene rings is 1. The molecule has 3 N–H and O–H groups in total. The van der Waals surface area contributed by atoms with E-state index in [2.05, 4.69) is 84.8 Å². The summed E-state index contributed by atoms with van der Waals surface area (Å²) in [5, 5.41) is 8.02. The van der Waals surface area contributed by atoms with Crippen molar-refractivity contribution >= 4 is 39.3 Å². The normalized spacial score (nSPS) is 20.6. The fraction of sp³-hybridized carbons (Fsp3) is 0.267. The number of hydrogen-bond donors (Lipinski definition) is 3. The smallest absolute Gasteiger partial charge is 0.153 e. The Morgan fingerprint density at radius 3 is 3.19 bits per heavy atom. The SMILES string of the molecule is IC1NC2=NCNC2=CN1CCc1c[nH]c2ccccc12. The highest BCUT2D eigenvalue weighted by atomic mass is 127. The van der Waals surface area contributed by atoms with Crippen LogP contribution in [0.4, 0.5) is 0 Å². The number of nitrogens with zero attached hydrogens (tertiary/aromatic N) is 2. The van der Waals surface area contributed by atoms with Crippen molar-refractivity contribution in [2.75, 3.05) is 13.2 Å². The Morgan fingerprint density at radius 2 is 2.24 bits per heavy atom. The van der Waals surface area contributed by atoms with Gasteiger partial charge in [0.1, 0.15) is 12.5 Å². The minimum Gasteiger partial charge on any atom is -0.362 e. The zero-order chi connectivity index (χ0) is 14.2. The number of amidine groups is 1. The lowest BCUT2D eigenvalue weighted by Gasteiger charge is -2.32. The standard InChI is InChI=1S/C15H16IN5/c16-15-20-14-13(18-9-19-14)8-21(15)6-5-10-7-17-12-4-2-1-3-11(10)12/h1-4,7-8,15,17-18H,5-6,9H2,(H,19,20). The number of aromatic nitrogens is 1. The lowest BCUT2D eigenvalue weighted by atomic mass is 10.1. The molecule has 5 nitrogen and oxygen atoms in total. The highest BCUT2D eigenvalue weighted by molar-refractivity contribution is 14.1. The van der Waals surface area contributed by atoms with Crippen LogP contribution < -0.4 is 10.6 Å². The number of aromatic amines is 1. The van der Waals surface area contributed by atoms with Crippen molar-refractivity contribution in [2.45, 2.75) is 10.6 Å². The predicted molar refractivity (Wildman–Crippen MR) is 93.2 cm³/mol. The Hall–Kier alpha value is -1.70. The largest absolute Gasteiger partial charge is 0.362 e. The third kappa shape index (κ3) is 2.37. The van der Waals surface area contributed by atoms with Gasteiger partial charge in [0.05, 0.1) is 5.70 Å². The van der Waals surface area contributed by atoms with Gasteiger partial charge in [0.2, 0.25) is 0 Å². The highest BCUT2D eigenvalue weighted by Crippen LogP contribution is 2.21. The summed E-state index contributed by atoms with van der Waals surface area (Å²) in [6.45, 7) is 1.65. The number of H-pyrrole nitrogens is 1. The van der Waals surface area contributed by atoms with Crippen LogP contribution in [0.3, 0.4) is 0 Å². The van der Waals surface area contributed by atoms with E-state index in [0.717, 1.165) is 24.5 Å². The number of halogens is 1. The van der Waals surface area contributed by atoms with Gasteiger partial charge < -0.3 is 20.5 Å². The number of nitrogens with one attached hydrogen (secondary N) is 3. The summed E-state index contributed by atoms with van der Waals surface area (Å²) in [4.78, 5) is 10.0. The van der Waals surface area contributed by atoms with E-state index in [-0.39, 0.29) is 4.17 Å². The molecule has 0 bridgehead atoms. The van der Waals surface area contributed by atoms with E-state index < -0.39 is 0 Å². The van der Waals surface area contributed by atoms with Crippen molar-refractivity contribution < 1.29 is 0 Å². The summed E-state index contributed by atoms with van der Waals surface area (Å²) in [7, 11) is 0. The molecule has 6 heteroatoms. The molecular formula is C15H16IN5. The molecule has 3 heterocycles. The van der Waals surface area contributed by atoms with Crippen LogP contribution in [0.5, 0.6) is 0 Å². The molecule has 0 spiro atoms. The van der Waals surface area contributed by atoms with Gasteiger partial charge in [-0.05, 0) is 40.6 Å². The number of fused-ring (bicyclic) bond motifs is 2. The molecular weight excluding hydrogens is 377 g/mol. The van der Waals surface area contributed by atoms with E-state index in [1.165, 1.54) is 16.5 Å². The first-order valence-electron chi connectivity index (χ1n) is 7.03. The van der Waals surface area contributed by atoms with Gasteiger partial charge >= 0.3 is 0 Å². The summed E-state index contributed by atoms with van der Waals surface area (Å²) in [6, 6.07) is 8.46. The lowest BCUT2D eigenvalue weighted by Crippen LogP contribution is -2.47. The van der Waals surface area contributed by atoms with Crippen LogP contribution in [0.15, 0.2) is 47.4 Å². The van der Waals surface area contributed by atoms with Gasteiger partial charge in [-0.3, -0.25) is 0 Å². The topological polar surface area (TPSA) is 55.5 Å². The zero-order valence-corrected chi connectivity index (χ0v) is 13.6. The third-order valence-corrected chi connectivity index (χ3v) is 4.94. The zero-order valence-electron chi connectivity index (χ0n) is 11.4. The van der Waals surface area contributed by atoms with E-state index in [1.807, 2.05) is 0 Å². The monoisotopic (exact) mass is 393 g/mol. The van der Waals surface area contributed by atoms with Gasteiger partial charge in [-0.15, -0.1) is 0 Å². The van der Waals surface area contributed by atoms with Gasteiger partial charge in [0.15, 0.2) is 4.17 Å². The Kier molecular flexibility index (Phi) is 3.25. The van der Waals surface area contributed by atoms with E-state index in [4.69, 9.17) is 0 Å². The fourth-order valence-electron chi connectivity index (χ4n) is 2.80. The molecule has 2 aliphatic rings. The van der Waals surface area contributed by atoms with E-state index in [9.17, 15) is 0 Å². The van der Waals surface area contributed by atoms with Crippen LogP contribution in [-0.2, 0) is 6.42 Å². The lowest BCUT2D eigenvalue weighted by molar-refractivity contribution is 0.346. The summed E-state index contributed by atoms with van der Waals surface area (Å²) < 4.78 is 0.246. The number of aliphatic imine (C=N–C) groups is 1. The molecule has 1 aromatic carbocycles. The molecule has 1 aromatic heterocycles. The van der Waals surface area contributed by atoms with Crippen molar-refractivity contribution in [1.29, 1.82) is 0 Å². The summed E-state index contributed by atoms with van der Waals surface area (Å²) >= 11 is 2.41. The second-order valence-corrected chi connectivity index (χ2v) is 6.39. The minimum absolute atomic E-state index is 0.246. The average molecular weight is 393 g/mol. The van der Waals surface area contributed by atoms with Gasteiger partial charge in [-0.2, -0.15) is 0 Å². The number of rotatable bonds is 3. The summed E-state index contributed by atoms with van der Waals surface area (Å²) in [5.74, 6) is 0.984. The Balaban J connectivity index is 1.52. The fourth-order valence-corrected chi connectivity index (χ4v) is 3.53. The van der Waals surface area contributed by atoms with Crippen molar-refractivity contribution in [3.63, 3.8) is 0 Å². The molecule has 0 fully saturated rings. The molecule has 0 amide bonds. The average Bonchev–Trinajstić information content (AvgIpc) is 3.11. The minimum atomic E-state index is 0.246. The Labute approximate surface area is 136 Å². The Bertz CT molecular complexity index is 732. The van der Waals surface area contributed by atoms with Gasteiger partial charge in [-0.25, -0.2) is 4.99 Å². The molecule has 0 radical (unpaired) electrons. The van der Waals surface area contributed by atoms with Crippen molar-refractivity contribution in [3.05, 3.63) is 47.9 Å². The molecule has 0 saturated carbocycles. The number of alkyl halides is 1. The van der Waals surface area contributed by atoms with Crippen LogP contribution in [0.2, 0.25) is 0 Å². The molecule has 1 unspecified atom stereocenters. The predicted octanol–water partition coefficient (Wildman–Crippen LogP) is 2.13. The summed E-state index contributed by atoms with van der Waals surface area (Å²) in [5.41, 5.74) is 3.67. The molecule has 4 rings (SSSR count). The quantitative estimate of drug-likeness (QED) is 0.426. The van der Waals surface area contributed by atoms with Crippen LogP contribution in [-0.4, -0.2) is 33.1 Å². The Morgan fingerprint density at radius 1 is 1.33 bits per heavy atom. The molecule has 21 heavy (non-hydrogen) atoms. The van der Waals surface area contributed by atoms with Crippen molar-refractivity contribution in [3.8, 4) is 0 Å². The van der Waals surface area contributed by atoms with E-state index in [0.29, 0.717) is 6.67 Å². The maximum Gasteiger partial charge on any atom is 0.153 e. The maximum atomic E-state index is 4.38. The summed E-state index contributed by atoms with van der Waals surface area (Å²) in [6.07, 6.45) is 5.31. The molecule has 0 saturated heterocycles. The van der Waals surface area contributed by atoms with Crippen LogP contribution in [0, 0.1) is 0 Å². The number of hydrogen-bond acceptors (Lipinski definition) is 4. The second-order valence-electron chi connectivity index (χ2n) is 5.21. The first kappa shape index (κ1) is 13.0. The van der Waals surface area contributed by atoms with Gasteiger partial charge in [0, 0.05) is 29.8 Å². The molecule has 1 atom stereocenters. The van der Waals surface area contributed by atoms with Crippen LogP contribution >= 0.6 is 22.6 Å². The van der Waals surface area contributed by atoms with Gasteiger partial charge in [0.25, 0.3) is 0 Å². The van der Waals surface area contributed by atoms with Crippen molar-refractivity contribution in [1.82, 2.24) is 20.5 Å². The second kappa shape index (κ2) is 5.25. The molecule has 2 aliphatic heterocycles. The molecule has 108 valence electrons. The van der Waals surface area contributed by atoms with E-state index >= 15 is 0 Å². The first-order chi connectivity index (χ1) is 10.3. The van der Waals surface area contributed by atoms with Gasteiger partial charge in [-0.1, -0.05) is 18.2 Å². The van der Waals surface area contributed by atoms with E-state index in [1.54, 1.807) is 0 Å². The molecule has 2 aromatic rings. The maximum absolute atomic E-state index is 4.38. The molecule has 0 aliphatic carbocycles. The number of para-hydroxylation sites is 1.